The van der Waals surface area contributed by atoms with Gasteiger partial charge >= 0.3 is 0 Å². The maximum atomic E-state index is 6.91. The average Bonchev–Trinajstić information content (AvgIpc) is 3.59. The molecule has 49 heavy (non-hydrogen) atoms. The fourth-order valence-electron chi connectivity index (χ4n) is 7.92. The van der Waals surface area contributed by atoms with Gasteiger partial charge in [-0.05, 0) is 89.0 Å². The van der Waals surface area contributed by atoms with Crippen LogP contribution in [0, 0.1) is 0 Å². The second-order valence-electron chi connectivity index (χ2n) is 13.4. The Kier molecular flexibility index (Phi) is 5.89. The van der Waals surface area contributed by atoms with Crippen LogP contribution in [-0.4, -0.2) is 4.57 Å². The third-order valence-electron chi connectivity index (χ3n) is 10.2. The summed E-state index contributed by atoms with van der Waals surface area (Å²) in [6.45, 7) is 4.57. The summed E-state index contributed by atoms with van der Waals surface area (Å²) in [5.74, 6) is 2.84. The van der Waals surface area contributed by atoms with Gasteiger partial charge < -0.3 is 18.9 Å². The summed E-state index contributed by atoms with van der Waals surface area (Å²) in [4.78, 5) is 2.27. The molecule has 0 atom stereocenters. The lowest BCUT2D eigenvalue weighted by atomic mass is 9.82. The molecule has 0 saturated carbocycles. The van der Waals surface area contributed by atoms with E-state index in [1.54, 1.807) is 0 Å². The van der Waals surface area contributed by atoms with Crippen molar-refractivity contribution in [2.75, 3.05) is 4.90 Å². The molecule has 8 aromatic rings. The first-order valence-electron chi connectivity index (χ1n) is 16.8. The number of para-hydroxylation sites is 4. The molecule has 2 heterocycles. The van der Waals surface area contributed by atoms with Gasteiger partial charge in [0.2, 0.25) is 0 Å². The Morgan fingerprint density at radius 3 is 2.06 bits per heavy atom. The lowest BCUT2D eigenvalue weighted by Crippen LogP contribution is -2.15. The predicted octanol–water partition coefficient (Wildman–Crippen LogP) is 12.5. The second-order valence-corrected chi connectivity index (χ2v) is 13.4. The lowest BCUT2D eigenvalue weighted by molar-refractivity contribution is 0.360. The van der Waals surface area contributed by atoms with E-state index in [0.29, 0.717) is 11.5 Å². The Balaban J connectivity index is 1.15. The normalized spacial score (nSPS) is 13.6. The first-order chi connectivity index (χ1) is 24.1. The maximum absolute atomic E-state index is 6.91. The Morgan fingerprint density at radius 2 is 1.20 bits per heavy atom. The highest BCUT2D eigenvalue weighted by atomic mass is 16.6. The van der Waals surface area contributed by atoms with E-state index in [1.165, 1.54) is 38.5 Å². The van der Waals surface area contributed by atoms with E-state index in [1.807, 2.05) is 12.1 Å². The Labute approximate surface area is 285 Å². The van der Waals surface area contributed by atoms with E-state index in [2.05, 4.69) is 169 Å². The standard InChI is InChI=1S/C45H32N2O2/c1-45(2)36-20-11-9-18-32(36)35-27-42-43(28-37(35)45)49-44-39(22-13-23-41(44)48-42)46(29-14-5-3-6-15-29)31-24-25-34-33-19-10-12-21-38(33)47(40(34)26-31)30-16-7-4-8-17-30/h3-28H,1-2H3. The topological polar surface area (TPSA) is 26.6 Å². The number of hydrogen-bond acceptors (Lipinski definition) is 3. The highest BCUT2D eigenvalue weighted by molar-refractivity contribution is 6.10. The van der Waals surface area contributed by atoms with Crippen LogP contribution >= 0.6 is 0 Å². The van der Waals surface area contributed by atoms with E-state index < -0.39 is 0 Å². The molecule has 1 aliphatic heterocycles. The molecule has 7 aromatic carbocycles. The summed E-state index contributed by atoms with van der Waals surface area (Å²) in [7, 11) is 0. The van der Waals surface area contributed by atoms with Gasteiger partial charge in [0.25, 0.3) is 0 Å². The number of hydrogen-bond donors (Lipinski definition) is 0. The molecule has 2 aliphatic rings. The molecule has 0 unspecified atom stereocenters. The van der Waals surface area contributed by atoms with Gasteiger partial charge in [-0.2, -0.15) is 0 Å². The van der Waals surface area contributed by atoms with Gasteiger partial charge in [-0.3, -0.25) is 0 Å². The minimum absolute atomic E-state index is 0.146. The summed E-state index contributed by atoms with van der Waals surface area (Å²) in [5.41, 5.74) is 11.3. The van der Waals surface area contributed by atoms with E-state index in [-0.39, 0.29) is 5.41 Å². The number of ether oxygens (including phenoxy) is 2. The summed E-state index contributed by atoms with van der Waals surface area (Å²) in [5, 5.41) is 2.43. The van der Waals surface area contributed by atoms with Crippen molar-refractivity contribution in [2.24, 2.45) is 0 Å². The van der Waals surface area contributed by atoms with Gasteiger partial charge in [0.15, 0.2) is 23.0 Å². The van der Waals surface area contributed by atoms with Crippen molar-refractivity contribution in [1.82, 2.24) is 4.57 Å². The summed E-state index contributed by atoms with van der Waals surface area (Å²) < 4.78 is 15.9. The summed E-state index contributed by atoms with van der Waals surface area (Å²) in [6.07, 6.45) is 0. The molecule has 0 saturated heterocycles. The van der Waals surface area contributed by atoms with Crippen LogP contribution in [-0.2, 0) is 5.41 Å². The molecule has 0 radical (unpaired) electrons. The number of anilines is 3. The molecule has 0 N–H and O–H groups in total. The van der Waals surface area contributed by atoms with Crippen LogP contribution in [0.4, 0.5) is 17.1 Å². The van der Waals surface area contributed by atoms with Crippen LogP contribution in [0.25, 0.3) is 38.6 Å². The van der Waals surface area contributed by atoms with Crippen molar-refractivity contribution >= 4 is 38.9 Å². The van der Waals surface area contributed by atoms with E-state index in [0.717, 1.165) is 39.8 Å². The SMILES string of the molecule is CC1(C)c2ccccc2-c2cc3c(cc21)Oc1c(cccc1N(c1ccccc1)c1ccc2c4ccccc4n(-c4ccccc4)c2c1)O3. The van der Waals surface area contributed by atoms with Crippen molar-refractivity contribution in [3.8, 4) is 39.8 Å². The second kappa shape index (κ2) is 10.4. The molecule has 10 rings (SSSR count). The third kappa shape index (κ3) is 4.10. The monoisotopic (exact) mass is 632 g/mol. The summed E-state index contributed by atoms with van der Waals surface area (Å²) in [6, 6.07) is 55.6. The highest BCUT2D eigenvalue weighted by Crippen LogP contribution is 2.57. The first kappa shape index (κ1) is 27.8. The molecule has 0 bridgehead atoms. The largest absolute Gasteiger partial charge is 0.449 e. The quantitative estimate of drug-likeness (QED) is 0.193. The van der Waals surface area contributed by atoms with Crippen LogP contribution < -0.4 is 14.4 Å². The van der Waals surface area contributed by atoms with Crippen LogP contribution in [0.2, 0.25) is 0 Å². The molecule has 0 fully saturated rings. The van der Waals surface area contributed by atoms with Crippen molar-refractivity contribution in [3.05, 3.63) is 169 Å². The van der Waals surface area contributed by atoms with Gasteiger partial charge in [0.05, 0.1) is 16.7 Å². The smallest absolute Gasteiger partial charge is 0.194 e. The lowest BCUT2D eigenvalue weighted by Gasteiger charge is -2.31. The van der Waals surface area contributed by atoms with Crippen molar-refractivity contribution in [3.63, 3.8) is 0 Å². The highest BCUT2D eigenvalue weighted by Gasteiger charge is 2.38. The molecule has 0 amide bonds. The number of rotatable bonds is 4. The molecular weight excluding hydrogens is 601 g/mol. The van der Waals surface area contributed by atoms with Crippen LogP contribution in [0.5, 0.6) is 23.0 Å². The van der Waals surface area contributed by atoms with Gasteiger partial charge in [0.1, 0.15) is 0 Å². The predicted molar refractivity (Wildman–Crippen MR) is 200 cm³/mol. The number of fused-ring (bicyclic) bond motifs is 8. The van der Waals surface area contributed by atoms with Gasteiger partial charge in [-0.25, -0.2) is 0 Å². The molecule has 234 valence electrons. The molecule has 0 spiro atoms. The summed E-state index contributed by atoms with van der Waals surface area (Å²) >= 11 is 0. The first-order valence-corrected chi connectivity index (χ1v) is 16.8. The molecule has 4 heteroatoms. The fourth-order valence-corrected chi connectivity index (χ4v) is 7.92. The Morgan fingerprint density at radius 1 is 0.490 bits per heavy atom. The van der Waals surface area contributed by atoms with Crippen LogP contribution in [0.15, 0.2) is 158 Å². The van der Waals surface area contributed by atoms with Crippen molar-refractivity contribution < 1.29 is 9.47 Å². The number of benzene rings is 7. The zero-order valence-corrected chi connectivity index (χ0v) is 27.2. The molecule has 4 nitrogen and oxygen atoms in total. The number of nitrogens with zero attached hydrogens (tertiary/aromatic N) is 2. The van der Waals surface area contributed by atoms with Crippen LogP contribution in [0.3, 0.4) is 0 Å². The van der Waals surface area contributed by atoms with Crippen molar-refractivity contribution in [1.29, 1.82) is 0 Å². The number of aromatic nitrogens is 1. The van der Waals surface area contributed by atoms with Crippen LogP contribution in [0.1, 0.15) is 25.0 Å². The third-order valence-corrected chi connectivity index (χ3v) is 10.2. The molecule has 1 aromatic heterocycles. The Bertz CT molecular complexity index is 2580. The fraction of sp³-hybridized carbons (Fsp3) is 0.0667. The van der Waals surface area contributed by atoms with E-state index in [9.17, 15) is 0 Å². The molecule has 1 aliphatic carbocycles. The average molecular weight is 633 g/mol. The van der Waals surface area contributed by atoms with Gasteiger partial charge in [-0.15, -0.1) is 0 Å². The zero-order valence-electron chi connectivity index (χ0n) is 27.2. The Hall–Kier alpha value is -6.26. The maximum Gasteiger partial charge on any atom is 0.194 e. The van der Waals surface area contributed by atoms with Gasteiger partial charge in [0, 0.05) is 33.2 Å². The van der Waals surface area contributed by atoms with E-state index in [4.69, 9.17) is 9.47 Å². The zero-order chi connectivity index (χ0) is 32.7. The van der Waals surface area contributed by atoms with Crippen molar-refractivity contribution in [2.45, 2.75) is 19.3 Å². The van der Waals surface area contributed by atoms with Gasteiger partial charge in [-0.1, -0.05) is 105 Å². The minimum atomic E-state index is -0.146. The molecular formula is C45H32N2O2. The van der Waals surface area contributed by atoms with E-state index >= 15 is 0 Å². The minimum Gasteiger partial charge on any atom is -0.449 e.